The molecule has 0 aliphatic carbocycles. The van der Waals surface area contributed by atoms with Crippen LogP contribution >= 0.6 is 0 Å². The molecule has 0 saturated carbocycles. The highest BCUT2D eigenvalue weighted by Gasteiger charge is 2.33. The van der Waals surface area contributed by atoms with Crippen LogP contribution in [0.1, 0.15) is 11.5 Å². The van der Waals surface area contributed by atoms with Gasteiger partial charge in [0.2, 0.25) is 0 Å². The number of furan rings is 1. The first kappa shape index (κ1) is 9.00. The van der Waals surface area contributed by atoms with Crippen molar-refractivity contribution in [2.45, 2.75) is 5.60 Å². The highest BCUT2D eigenvalue weighted by atomic mass is 16.5. The zero-order chi connectivity index (χ0) is 10.0. The van der Waals surface area contributed by atoms with Crippen LogP contribution in [0.2, 0.25) is 0 Å². The number of rotatable bonds is 1. The summed E-state index contributed by atoms with van der Waals surface area (Å²) in [5.41, 5.74) is -1.02. The van der Waals surface area contributed by atoms with Crippen LogP contribution in [0.5, 0.6) is 0 Å². The van der Waals surface area contributed by atoms with E-state index < -0.39 is 5.60 Å². The fourth-order valence-corrected chi connectivity index (χ4v) is 1.04. The Bertz CT molecular complexity index is 406. The van der Waals surface area contributed by atoms with Crippen LogP contribution in [0.3, 0.4) is 0 Å². The zero-order valence-corrected chi connectivity index (χ0v) is 7.41. The summed E-state index contributed by atoms with van der Waals surface area (Å²) in [6.45, 7) is 0.496. The van der Waals surface area contributed by atoms with Gasteiger partial charge in [0.15, 0.2) is 11.4 Å². The molecular formula is C10H9NO3. The van der Waals surface area contributed by atoms with Crippen LogP contribution in [-0.2, 0) is 4.74 Å². The molecule has 2 rings (SSSR count). The van der Waals surface area contributed by atoms with Crippen LogP contribution in [0, 0.1) is 17.3 Å². The first-order valence-corrected chi connectivity index (χ1v) is 4.15. The first-order chi connectivity index (χ1) is 6.72. The summed E-state index contributed by atoms with van der Waals surface area (Å²) in [6.07, 6.45) is 1.10. The molecule has 4 heteroatoms. The molecule has 72 valence electrons. The summed E-state index contributed by atoms with van der Waals surface area (Å²) < 4.78 is 9.96. The van der Waals surface area contributed by atoms with E-state index >= 15 is 0 Å². The maximum absolute atomic E-state index is 9.55. The van der Waals surface area contributed by atoms with Gasteiger partial charge in [-0.05, 0) is 18.1 Å². The van der Waals surface area contributed by atoms with E-state index in [-0.39, 0.29) is 13.2 Å². The van der Waals surface area contributed by atoms with Crippen molar-refractivity contribution in [3.8, 4) is 11.8 Å². The molecule has 1 aliphatic heterocycles. The maximum Gasteiger partial charge on any atom is 0.177 e. The summed E-state index contributed by atoms with van der Waals surface area (Å²) in [5.74, 6) is 6.25. The fourth-order valence-electron chi connectivity index (χ4n) is 1.04. The van der Waals surface area contributed by atoms with E-state index in [0.29, 0.717) is 11.5 Å². The predicted molar refractivity (Wildman–Crippen MR) is 49.2 cm³/mol. The van der Waals surface area contributed by atoms with Gasteiger partial charge in [0.1, 0.15) is 5.76 Å². The standard InChI is InChI=1S/C10H9NO3/c11-5-9-2-1-8(14-9)3-4-10(12)6-13-7-10/h1-2,5,11-12H,6-7H2. The number of hydrogen-bond donors (Lipinski definition) is 2. The predicted octanol–water partition coefficient (Wildman–Crippen LogP) is 0.390. The Hall–Kier alpha value is -1.57. The molecule has 2 N–H and O–H groups in total. The summed E-state index contributed by atoms with van der Waals surface area (Å²) in [6, 6.07) is 3.31. The van der Waals surface area contributed by atoms with Crippen molar-refractivity contribution in [3.05, 3.63) is 23.7 Å². The van der Waals surface area contributed by atoms with Gasteiger partial charge in [-0.15, -0.1) is 0 Å². The lowest BCUT2D eigenvalue weighted by Gasteiger charge is -2.30. The van der Waals surface area contributed by atoms with E-state index in [1.165, 1.54) is 0 Å². The molecule has 4 nitrogen and oxygen atoms in total. The molecule has 0 spiro atoms. The van der Waals surface area contributed by atoms with Crippen LogP contribution in [0.15, 0.2) is 16.5 Å². The second-order valence-corrected chi connectivity index (χ2v) is 3.12. The first-order valence-electron chi connectivity index (χ1n) is 4.15. The highest BCUT2D eigenvalue weighted by Crippen LogP contribution is 2.15. The molecule has 0 amide bonds. The number of nitrogens with one attached hydrogen (secondary N) is 1. The maximum atomic E-state index is 9.55. The van der Waals surface area contributed by atoms with Crippen LogP contribution < -0.4 is 0 Å². The van der Waals surface area contributed by atoms with Gasteiger partial charge in [-0.25, -0.2) is 0 Å². The lowest BCUT2D eigenvalue weighted by molar-refractivity contribution is -0.140. The molecule has 1 fully saturated rings. The Morgan fingerprint density at radius 1 is 1.50 bits per heavy atom. The molecule has 0 unspecified atom stereocenters. The molecule has 14 heavy (non-hydrogen) atoms. The van der Waals surface area contributed by atoms with Gasteiger partial charge in [0, 0.05) is 0 Å². The van der Waals surface area contributed by atoms with Gasteiger partial charge in [0.05, 0.1) is 19.4 Å². The van der Waals surface area contributed by atoms with Crippen molar-refractivity contribution >= 4 is 6.21 Å². The van der Waals surface area contributed by atoms with Gasteiger partial charge in [0.25, 0.3) is 0 Å². The number of hydrogen-bond acceptors (Lipinski definition) is 4. The summed E-state index contributed by atoms with van der Waals surface area (Å²) in [4.78, 5) is 0. The second-order valence-electron chi connectivity index (χ2n) is 3.12. The number of ether oxygens (including phenoxy) is 1. The molecule has 2 heterocycles. The quantitative estimate of drug-likeness (QED) is 0.498. The van der Waals surface area contributed by atoms with E-state index in [2.05, 4.69) is 11.8 Å². The Morgan fingerprint density at radius 2 is 2.29 bits per heavy atom. The lowest BCUT2D eigenvalue weighted by atomic mass is 10.0. The van der Waals surface area contributed by atoms with Crippen LogP contribution in [0.25, 0.3) is 0 Å². The third kappa shape index (κ3) is 1.69. The Kier molecular flexibility index (Phi) is 2.12. The van der Waals surface area contributed by atoms with E-state index in [1.54, 1.807) is 12.1 Å². The zero-order valence-electron chi connectivity index (χ0n) is 7.41. The normalized spacial score (nSPS) is 17.8. The third-order valence-corrected chi connectivity index (χ3v) is 1.87. The van der Waals surface area contributed by atoms with Crippen molar-refractivity contribution in [1.29, 1.82) is 5.41 Å². The Morgan fingerprint density at radius 3 is 2.79 bits per heavy atom. The molecule has 0 atom stereocenters. The number of aliphatic hydroxyl groups is 1. The molecule has 0 aromatic carbocycles. The minimum Gasteiger partial charge on any atom is -0.447 e. The molecule has 1 aromatic heterocycles. The third-order valence-electron chi connectivity index (χ3n) is 1.87. The van der Waals surface area contributed by atoms with Crippen molar-refractivity contribution in [1.82, 2.24) is 0 Å². The fraction of sp³-hybridized carbons (Fsp3) is 0.300. The molecular weight excluding hydrogens is 182 g/mol. The largest absolute Gasteiger partial charge is 0.447 e. The van der Waals surface area contributed by atoms with Crippen LogP contribution in [0.4, 0.5) is 0 Å². The van der Waals surface area contributed by atoms with Gasteiger partial charge in [-0.3, -0.25) is 0 Å². The smallest absolute Gasteiger partial charge is 0.177 e. The molecule has 0 radical (unpaired) electrons. The highest BCUT2D eigenvalue weighted by molar-refractivity contribution is 5.73. The Labute approximate surface area is 81.0 Å². The second kappa shape index (κ2) is 3.29. The van der Waals surface area contributed by atoms with E-state index in [9.17, 15) is 5.11 Å². The van der Waals surface area contributed by atoms with Crippen molar-refractivity contribution in [2.24, 2.45) is 0 Å². The topological polar surface area (TPSA) is 66.5 Å². The minimum atomic E-state index is -1.02. The summed E-state index contributed by atoms with van der Waals surface area (Å²) in [5, 5.41) is 16.5. The van der Waals surface area contributed by atoms with Crippen molar-refractivity contribution in [2.75, 3.05) is 13.2 Å². The molecule has 0 bridgehead atoms. The van der Waals surface area contributed by atoms with Gasteiger partial charge >= 0.3 is 0 Å². The Balaban J connectivity index is 2.12. The van der Waals surface area contributed by atoms with E-state index in [1.807, 2.05) is 0 Å². The summed E-state index contributed by atoms with van der Waals surface area (Å²) >= 11 is 0. The van der Waals surface area contributed by atoms with Crippen LogP contribution in [-0.4, -0.2) is 30.1 Å². The summed E-state index contributed by atoms with van der Waals surface area (Å²) in [7, 11) is 0. The molecule has 1 saturated heterocycles. The van der Waals surface area contributed by atoms with Gasteiger partial charge < -0.3 is 19.7 Å². The lowest BCUT2D eigenvalue weighted by Crippen LogP contribution is -2.48. The van der Waals surface area contributed by atoms with Gasteiger partial charge in [-0.2, -0.15) is 0 Å². The monoisotopic (exact) mass is 191 g/mol. The average molecular weight is 191 g/mol. The molecule has 1 aromatic rings. The van der Waals surface area contributed by atoms with Crippen molar-refractivity contribution in [3.63, 3.8) is 0 Å². The van der Waals surface area contributed by atoms with E-state index in [4.69, 9.17) is 14.6 Å². The average Bonchev–Trinajstić information content (AvgIpc) is 2.59. The SMILES string of the molecule is N=Cc1ccc(C#CC2(O)COC2)o1. The van der Waals surface area contributed by atoms with Gasteiger partial charge in [-0.1, -0.05) is 5.92 Å². The molecule has 1 aliphatic rings. The van der Waals surface area contributed by atoms with E-state index in [0.717, 1.165) is 6.21 Å². The minimum absolute atomic E-state index is 0.248. The van der Waals surface area contributed by atoms with Crippen molar-refractivity contribution < 1.29 is 14.3 Å².